The van der Waals surface area contributed by atoms with Crippen LogP contribution in [0.4, 0.5) is 0 Å². The number of hydrogen-bond acceptors (Lipinski definition) is 4. The molecule has 0 atom stereocenters. The van der Waals surface area contributed by atoms with E-state index in [1.165, 1.54) is 29.6 Å². The first kappa shape index (κ1) is 8.36. The van der Waals surface area contributed by atoms with Crippen LogP contribution in [0.5, 0.6) is 0 Å². The molecule has 0 aliphatic heterocycles. The zero-order valence-corrected chi connectivity index (χ0v) is 7.03. The van der Waals surface area contributed by atoms with Gasteiger partial charge >= 0.3 is 5.97 Å². The summed E-state index contributed by atoms with van der Waals surface area (Å²) >= 11 is 0. The van der Waals surface area contributed by atoms with Gasteiger partial charge in [-0.2, -0.15) is 15.0 Å². The lowest BCUT2D eigenvalue weighted by molar-refractivity contribution is 0.0696. The van der Waals surface area contributed by atoms with Crippen molar-refractivity contribution in [2.45, 2.75) is 0 Å². The number of rotatable bonds is 2. The maximum absolute atomic E-state index is 10.8. The normalized spacial score (nSPS) is 10.0. The van der Waals surface area contributed by atoms with Crippen molar-refractivity contribution in [1.82, 2.24) is 20.0 Å². The third kappa shape index (κ3) is 1.33. The Morgan fingerprint density at radius 3 is 2.64 bits per heavy atom. The largest absolute Gasteiger partial charge is 0.478 e. The highest BCUT2D eigenvalue weighted by Gasteiger charge is 2.11. The van der Waals surface area contributed by atoms with E-state index >= 15 is 0 Å². The van der Waals surface area contributed by atoms with Crippen LogP contribution in [0, 0.1) is 0 Å². The quantitative estimate of drug-likeness (QED) is 0.739. The molecule has 2 aromatic heterocycles. The lowest BCUT2D eigenvalue weighted by atomic mass is 10.2. The zero-order valence-electron chi connectivity index (χ0n) is 7.03. The van der Waals surface area contributed by atoms with Crippen LogP contribution >= 0.6 is 0 Å². The van der Waals surface area contributed by atoms with Crippen LogP contribution in [0.3, 0.4) is 0 Å². The van der Waals surface area contributed by atoms with E-state index in [1.807, 2.05) is 0 Å². The molecule has 0 bridgehead atoms. The maximum Gasteiger partial charge on any atom is 0.339 e. The Labute approximate surface area is 78.8 Å². The minimum absolute atomic E-state index is 0.0729. The van der Waals surface area contributed by atoms with Gasteiger partial charge in [0, 0.05) is 12.4 Å². The molecule has 0 saturated carbocycles. The Hall–Kier alpha value is -2.24. The van der Waals surface area contributed by atoms with Gasteiger partial charge in [0.2, 0.25) is 0 Å². The Kier molecular flexibility index (Phi) is 1.94. The van der Waals surface area contributed by atoms with E-state index < -0.39 is 5.97 Å². The molecular formula is C8H6N4O2. The van der Waals surface area contributed by atoms with Crippen LogP contribution in [0.25, 0.3) is 5.69 Å². The molecule has 6 nitrogen and oxygen atoms in total. The molecule has 6 heteroatoms. The van der Waals surface area contributed by atoms with Crippen molar-refractivity contribution in [1.29, 1.82) is 0 Å². The highest BCUT2D eigenvalue weighted by Crippen LogP contribution is 2.09. The molecule has 0 spiro atoms. The average Bonchev–Trinajstić information content (AvgIpc) is 2.70. The highest BCUT2D eigenvalue weighted by molar-refractivity contribution is 5.91. The molecular weight excluding hydrogens is 184 g/mol. The minimum atomic E-state index is -1.05. The molecule has 2 rings (SSSR count). The van der Waals surface area contributed by atoms with E-state index in [-0.39, 0.29) is 5.56 Å². The van der Waals surface area contributed by atoms with Gasteiger partial charge in [-0.15, -0.1) is 0 Å². The molecule has 0 amide bonds. The lowest BCUT2D eigenvalue weighted by Gasteiger charge is -2.02. The summed E-state index contributed by atoms with van der Waals surface area (Å²) in [5.41, 5.74) is 0.473. The smallest absolute Gasteiger partial charge is 0.339 e. The van der Waals surface area contributed by atoms with E-state index in [4.69, 9.17) is 5.11 Å². The van der Waals surface area contributed by atoms with Crippen LogP contribution < -0.4 is 0 Å². The van der Waals surface area contributed by atoms with E-state index in [2.05, 4.69) is 15.2 Å². The summed E-state index contributed by atoms with van der Waals surface area (Å²) in [5, 5.41) is 16.5. The topological polar surface area (TPSA) is 80.9 Å². The van der Waals surface area contributed by atoms with E-state index in [9.17, 15) is 4.79 Å². The van der Waals surface area contributed by atoms with Crippen molar-refractivity contribution in [3.63, 3.8) is 0 Å². The molecule has 2 heterocycles. The molecule has 2 aromatic rings. The van der Waals surface area contributed by atoms with Gasteiger partial charge in [0.1, 0.15) is 11.3 Å². The van der Waals surface area contributed by atoms with Crippen LogP contribution in [-0.2, 0) is 0 Å². The predicted octanol–water partition coefficient (Wildman–Crippen LogP) is 0.360. The van der Waals surface area contributed by atoms with Crippen molar-refractivity contribution < 1.29 is 9.90 Å². The third-order valence-corrected chi connectivity index (χ3v) is 1.66. The van der Waals surface area contributed by atoms with E-state index in [0.29, 0.717) is 5.69 Å². The van der Waals surface area contributed by atoms with Gasteiger partial charge in [0.05, 0.1) is 12.4 Å². The zero-order chi connectivity index (χ0) is 9.97. The molecule has 70 valence electrons. The molecule has 0 fully saturated rings. The fourth-order valence-electron chi connectivity index (χ4n) is 1.07. The fraction of sp³-hybridized carbons (Fsp3) is 0. The number of aromatic nitrogens is 4. The number of pyridine rings is 1. The number of nitrogens with zero attached hydrogens (tertiary/aromatic N) is 4. The van der Waals surface area contributed by atoms with Gasteiger partial charge in [-0.25, -0.2) is 4.79 Å². The number of carboxylic acids is 1. The van der Waals surface area contributed by atoms with Gasteiger partial charge in [0.25, 0.3) is 0 Å². The third-order valence-electron chi connectivity index (χ3n) is 1.66. The van der Waals surface area contributed by atoms with E-state index in [1.54, 1.807) is 6.07 Å². The number of aromatic carboxylic acids is 1. The Morgan fingerprint density at radius 2 is 2.00 bits per heavy atom. The first-order valence-electron chi connectivity index (χ1n) is 3.83. The number of hydrogen-bond donors (Lipinski definition) is 1. The van der Waals surface area contributed by atoms with Crippen molar-refractivity contribution in [2.24, 2.45) is 0 Å². The second-order valence-electron chi connectivity index (χ2n) is 2.52. The standard InChI is InChI=1S/C8H6N4O2/c13-8(14)6-5-9-2-1-7(6)12-10-3-4-11-12/h1-5H,(H,13,14). The van der Waals surface area contributed by atoms with Crippen molar-refractivity contribution in [2.75, 3.05) is 0 Å². The molecule has 1 N–H and O–H groups in total. The summed E-state index contributed by atoms with van der Waals surface area (Å²) in [6.45, 7) is 0. The highest BCUT2D eigenvalue weighted by atomic mass is 16.4. The molecule has 0 radical (unpaired) electrons. The summed E-state index contributed by atoms with van der Waals surface area (Å²) in [6, 6.07) is 1.55. The van der Waals surface area contributed by atoms with Gasteiger partial charge < -0.3 is 5.11 Å². The van der Waals surface area contributed by atoms with Crippen LogP contribution in [0.15, 0.2) is 30.9 Å². The number of carboxylic acid groups (broad SMARTS) is 1. The SMILES string of the molecule is O=C(O)c1cnccc1-n1nccn1. The minimum Gasteiger partial charge on any atom is -0.478 e. The summed E-state index contributed by atoms with van der Waals surface area (Å²) < 4.78 is 0. The van der Waals surface area contributed by atoms with Crippen LogP contribution in [0.1, 0.15) is 10.4 Å². The Bertz CT molecular complexity index is 452. The fourth-order valence-corrected chi connectivity index (χ4v) is 1.07. The molecule has 0 saturated heterocycles. The van der Waals surface area contributed by atoms with Crippen molar-refractivity contribution in [3.8, 4) is 5.69 Å². The molecule has 14 heavy (non-hydrogen) atoms. The second-order valence-corrected chi connectivity index (χ2v) is 2.52. The Morgan fingerprint density at radius 1 is 1.29 bits per heavy atom. The lowest BCUT2D eigenvalue weighted by Crippen LogP contribution is -2.08. The van der Waals surface area contributed by atoms with Crippen molar-refractivity contribution >= 4 is 5.97 Å². The van der Waals surface area contributed by atoms with Crippen LogP contribution in [-0.4, -0.2) is 31.1 Å². The van der Waals surface area contributed by atoms with Gasteiger partial charge in [-0.3, -0.25) is 4.98 Å². The first-order chi connectivity index (χ1) is 6.79. The van der Waals surface area contributed by atoms with E-state index in [0.717, 1.165) is 0 Å². The van der Waals surface area contributed by atoms with Crippen molar-refractivity contribution in [3.05, 3.63) is 36.4 Å². The maximum atomic E-state index is 10.8. The predicted molar refractivity (Wildman–Crippen MR) is 46.1 cm³/mol. The first-order valence-corrected chi connectivity index (χ1v) is 3.83. The summed E-state index contributed by atoms with van der Waals surface area (Å²) in [7, 11) is 0. The monoisotopic (exact) mass is 190 g/mol. The summed E-state index contributed by atoms with van der Waals surface area (Å²) in [4.78, 5) is 15.8. The van der Waals surface area contributed by atoms with Gasteiger partial charge in [0.15, 0.2) is 0 Å². The van der Waals surface area contributed by atoms with Gasteiger partial charge in [-0.05, 0) is 6.07 Å². The molecule has 0 aliphatic rings. The van der Waals surface area contributed by atoms with Gasteiger partial charge in [-0.1, -0.05) is 0 Å². The number of carbonyl (C=O) groups is 1. The summed E-state index contributed by atoms with van der Waals surface area (Å²) in [5.74, 6) is -1.05. The average molecular weight is 190 g/mol. The second kappa shape index (κ2) is 3.25. The summed E-state index contributed by atoms with van der Waals surface area (Å²) in [6.07, 6.45) is 5.71. The Balaban J connectivity index is 2.58. The molecule has 0 unspecified atom stereocenters. The molecule has 0 aliphatic carbocycles. The molecule has 0 aromatic carbocycles. The van der Waals surface area contributed by atoms with Crippen LogP contribution in [0.2, 0.25) is 0 Å².